The first-order valence-corrected chi connectivity index (χ1v) is 11.2. The normalized spacial score (nSPS) is 10.9. The quantitative estimate of drug-likeness (QED) is 0.416. The van der Waals surface area contributed by atoms with Crippen molar-refractivity contribution in [3.8, 4) is 22.4 Å². The molecule has 0 aliphatic heterocycles. The van der Waals surface area contributed by atoms with Crippen LogP contribution in [-0.4, -0.2) is 20.9 Å². The number of hydrogen-bond acceptors (Lipinski definition) is 4. The highest BCUT2D eigenvalue weighted by Crippen LogP contribution is 2.31. The van der Waals surface area contributed by atoms with Gasteiger partial charge in [-0.1, -0.05) is 67.9 Å². The third kappa shape index (κ3) is 5.69. The number of hydrogen-bond donors (Lipinski definition) is 1. The van der Waals surface area contributed by atoms with Gasteiger partial charge < -0.3 is 5.32 Å². The van der Waals surface area contributed by atoms with E-state index in [1.165, 1.54) is 0 Å². The highest BCUT2D eigenvalue weighted by Gasteiger charge is 2.13. The van der Waals surface area contributed by atoms with Gasteiger partial charge in [-0.3, -0.25) is 9.78 Å². The summed E-state index contributed by atoms with van der Waals surface area (Å²) in [7, 11) is 0. The summed E-state index contributed by atoms with van der Waals surface area (Å²) < 4.78 is 0. The van der Waals surface area contributed by atoms with Crippen molar-refractivity contribution in [3.05, 3.63) is 102 Å². The summed E-state index contributed by atoms with van der Waals surface area (Å²) in [6.45, 7) is 6.70. The molecule has 1 amide bonds. The van der Waals surface area contributed by atoms with E-state index >= 15 is 0 Å². The predicted molar refractivity (Wildman–Crippen MR) is 132 cm³/mol. The molecule has 0 spiro atoms. The molecule has 2 aromatic carbocycles. The maximum atomic E-state index is 12.4. The number of rotatable bonds is 7. The zero-order valence-electron chi connectivity index (χ0n) is 19.2. The van der Waals surface area contributed by atoms with Gasteiger partial charge in [0.05, 0.1) is 12.1 Å². The van der Waals surface area contributed by atoms with E-state index in [0.717, 1.165) is 44.9 Å². The second-order valence-electron chi connectivity index (χ2n) is 8.52. The molecule has 0 bridgehead atoms. The fourth-order valence-corrected chi connectivity index (χ4v) is 3.69. The van der Waals surface area contributed by atoms with E-state index in [2.05, 4.69) is 41.3 Å². The number of aromatic nitrogens is 3. The Morgan fingerprint density at radius 2 is 1.70 bits per heavy atom. The minimum absolute atomic E-state index is 0.0158. The third-order valence-corrected chi connectivity index (χ3v) is 5.48. The number of carbonyl (C=O) groups excluding carboxylic acids is 1. The van der Waals surface area contributed by atoms with Crippen molar-refractivity contribution in [2.75, 3.05) is 0 Å². The molecule has 5 nitrogen and oxygen atoms in total. The average molecular weight is 437 g/mol. The van der Waals surface area contributed by atoms with Crippen LogP contribution in [-0.2, 0) is 17.8 Å². The van der Waals surface area contributed by atoms with Gasteiger partial charge in [0.15, 0.2) is 0 Å². The number of amides is 1. The lowest BCUT2D eigenvalue weighted by Crippen LogP contribution is -2.24. The lowest BCUT2D eigenvalue weighted by Gasteiger charge is -2.13. The summed E-state index contributed by atoms with van der Waals surface area (Å²) in [5.41, 5.74) is 7.14. The number of nitrogens with zero attached hydrogens (tertiary/aromatic N) is 3. The Labute approximate surface area is 195 Å². The molecule has 5 heteroatoms. The lowest BCUT2D eigenvalue weighted by molar-refractivity contribution is -0.120. The standard InChI is InChI=1S/C28H28N4O/c1-19(2)28-31-18-25(23-11-13-29-14-12-23)27(32-28)24-9-7-21(8-10-24)17-30-26(33)16-22-6-4-5-20(3)15-22/h4-15,18-19H,16-17H2,1-3H3,(H,30,33). The van der Waals surface area contributed by atoms with Gasteiger partial charge in [-0.05, 0) is 35.7 Å². The summed E-state index contributed by atoms with van der Waals surface area (Å²) in [6, 6.07) is 20.2. The van der Waals surface area contributed by atoms with Crippen molar-refractivity contribution in [2.24, 2.45) is 0 Å². The van der Waals surface area contributed by atoms with Crippen LogP contribution in [0.1, 0.15) is 42.3 Å². The Balaban J connectivity index is 1.50. The molecule has 0 saturated carbocycles. The van der Waals surface area contributed by atoms with E-state index in [9.17, 15) is 4.79 Å². The van der Waals surface area contributed by atoms with Crippen molar-refractivity contribution >= 4 is 5.91 Å². The van der Waals surface area contributed by atoms with E-state index in [1.54, 1.807) is 12.4 Å². The van der Waals surface area contributed by atoms with Gasteiger partial charge in [0, 0.05) is 42.2 Å². The van der Waals surface area contributed by atoms with Gasteiger partial charge in [0.25, 0.3) is 0 Å². The van der Waals surface area contributed by atoms with Crippen LogP contribution in [0.25, 0.3) is 22.4 Å². The number of aryl methyl sites for hydroxylation is 1. The fraction of sp³-hybridized carbons (Fsp3) is 0.214. The molecular formula is C28H28N4O. The van der Waals surface area contributed by atoms with Crippen LogP contribution in [0.2, 0.25) is 0 Å². The zero-order chi connectivity index (χ0) is 23.2. The summed E-state index contributed by atoms with van der Waals surface area (Å²) in [5.74, 6) is 1.07. The highest BCUT2D eigenvalue weighted by atomic mass is 16.1. The van der Waals surface area contributed by atoms with E-state index in [-0.39, 0.29) is 11.8 Å². The van der Waals surface area contributed by atoms with E-state index in [0.29, 0.717) is 13.0 Å². The topological polar surface area (TPSA) is 67.8 Å². The van der Waals surface area contributed by atoms with Crippen LogP contribution in [0.15, 0.2) is 79.3 Å². The van der Waals surface area contributed by atoms with Crippen LogP contribution in [0.3, 0.4) is 0 Å². The molecule has 166 valence electrons. The average Bonchev–Trinajstić information content (AvgIpc) is 2.83. The second kappa shape index (κ2) is 10.2. The Hall–Kier alpha value is -3.86. The Kier molecular flexibility index (Phi) is 6.89. The van der Waals surface area contributed by atoms with Gasteiger partial charge in [-0.25, -0.2) is 9.97 Å². The lowest BCUT2D eigenvalue weighted by atomic mass is 10.00. The molecule has 0 unspecified atom stereocenters. The van der Waals surface area contributed by atoms with Crippen molar-refractivity contribution in [1.82, 2.24) is 20.3 Å². The van der Waals surface area contributed by atoms with Crippen molar-refractivity contribution in [1.29, 1.82) is 0 Å². The molecule has 4 aromatic rings. The second-order valence-corrected chi connectivity index (χ2v) is 8.52. The SMILES string of the molecule is Cc1cccc(CC(=O)NCc2ccc(-c3nc(C(C)C)ncc3-c3ccncc3)cc2)c1. The molecule has 0 radical (unpaired) electrons. The van der Waals surface area contributed by atoms with Crippen LogP contribution >= 0.6 is 0 Å². The van der Waals surface area contributed by atoms with E-state index in [1.807, 2.05) is 61.7 Å². The zero-order valence-corrected chi connectivity index (χ0v) is 19.2. The molecule has 0 aliphatic rings. The molecule has 0 saturated heterocycles. The molecule has 2 heterocycles. The molecular weight excluding hydrogens is 408 g/mol. The molecule has 1 N–H and O–H groups in total. The first kappa shape index (κ1) is 22.3. The summed E-state index contributed by atoms with van der Waals surface area (Å²) in [6.07, 6.45) is 5.83. The first-order valence-electron chi connectivity index (χ1n) is 11.2. The molecule has 2 aromatic heterocycles. The smallest absolute Gasteiger partial charge is 0.224 e. The van der Waals surface area contributed by atoms with Gasteiger partial charge in [-0.2, -0.15) is 0 Å². The van der Waals surface area contributed by atoms with Crippen molar-refractivity contribution in [2.45, 2.75) is 39.7 Å². The number of pyridine rings is 1. The van der Waals surface area contributed by atoms with Crippen molar-refractivity contribution in [3.63, 3.8) is 0 Å². The van der Waals surface area contributed by atoms with Crippen LogP contribution < -0.4 is 5.32 Å². The minimum atomic E-state index is 0.0158. The predicted octanol–water partition coefficient (Wildman–Crippen LogP) is 5.50. The molecule has 33 heavy (non-hydrogen) atoms. The van der Waals surface area contributed by atoms with E-state index in [4.69, 9.17) is 4.98 Å². The van der Waals surface area contributed by atoms with Gasteiger partial charge in [-0.15, -0.1) is 0 Å². The Morgan fingerprint density at radius 1 is 0.939 bits per heavy atom. The Morgan fingerprint density at radius 3 is 2.39 bits per heavy atom. The monoisotopic (exact) mass is 436 g/mol. The fourth-order valence-electron chi connectivity index (χ4n) is 3.69. The highest BCUT2D eigenvalue weighted by molar-refractivity contribution is 5.80. The largest absolute Gasteiger partial charge is 0.352 e. The number of benzene rings is 2. The van der Waals surface area contributed by atoms with Crippen LogP contribution in [0.4, 0.5) is 0 Å². The van der Waals surface area contributed by atoms with Crippen molar-refractivity contribution < 1.29 is 4.79 Å². The maximum absolute atomic E-state index is 12.4. The molecule has 0 atom stereocenters. The maximum Gasteiger partial charge on any atom is 0.224 e. The summed E-state index contributed by atoms with van der Waals surface area (Å²) in [5, 5.41) is 3.02. The van der Waals surface area contributed by atoms with Crippen LogP contribution in [0.5, 0.6) is 0 Å². The van der Waals surface area contributed by atoms with Crippen LogP contribution in [0, 0.1) is 6.92 Å². The Bertz CT molecular complexity index is 1230. The number of carbonyl (C=O) groups is 1. The van der Waals surface area contributed by atoms with Gasteiger partial charge in [0.2, 0.25) is 5.91 Å². The minimum Gasteiger partial charge on any atom is -0.352 e. The summed E-state index contributed by atoms with van der Waals surface area (Å²) in [4.78, 5) is 25.9. The number of nitrogens with one attached hydrogen (secondary N) is 1. The summed E-state index contributed by atoms with van der Waals surface area (Å²) >= 11 is 0. The first-order chi connectivity index (χ1) is 16.0. The molecule has 4 rings (SSSR count). The molecule has 0 fully saturated rings. The van der Waals surface area contributed by atoms with E-state index < -0.39 is 0 Å². The third-order valence-electron chi connectivity index (χ3n) is 5.48. The molecule has 0 aliphatic carbocycles. The van der Waals surface area contributed by atoms with Gasteiger partial charge in [0.1, 0.15) is 5.82 Å². The van der Waals surface area contributed by atoms with Gasteiger partial charge >= 0.3 is 0 Å².